The molecule has 0 amide bonds. The van der Waals surface area contributed by atoms with Gasteiger partial charge in [0.1, 0.15) is 17.3 Å². The highest BCUT2D eigenvalue weighted by Crippen LogP contribution is 2.34. The first-order valence-electron chi connectivity index (χ1n) is 5.62. The molecule has 2 aromatic rings. The summed E-state index contributed by atoms with van der Waals surface area (Å²) < 4.78 is 0. The summed E-state index contributed by atoms with van der Waals surface area (Å²) in [5.41, 5.74) is 2.90. The van der Waals surface area contributed by atoms with Gasteiger partial charge in [0.25, 0.3) is 0 Å². The van der Waals surface area contributed by atoms with E-state index in [2.05, 4.69) is 39.6 Å². The molecule has 86 valence electrons. The van der Waals surface area contributed by atoms with Crippen LogP contribution in [0.4, 0.5) is 5.82 Å². The normalized spacial score (nSPS) is 17.1. The Balaban J connectivity index is 1.64. The van der Waals surface area contributed by atoms with Crippen molar-refractivity contribution in [1.29, 1.82) is 0 Å². The van der Waals surface area contributed by atoms with Crippen molar-refractivity contribution in [3.05, 3.63) is 52.9 Å². The van der Waals surface area contributed by atoms with E-state index in [4.69, 9.17) is 11.6 Å². The fourth-order valence-corrected chi connectivity index (χ4v) is 2.35. The largest absolute Gasteiger partial charge is 0.369 e. The highest BCUT2D eigenvalue weighted by Gasteiger charge is 2.24. The summed E-state index contributed by atoms with van der Waals surface area (Å²) in [6.07, 6.45) is 2.61. The maximum Gasteiger partial charge on any atom is 0.134 e. The van der Waals surface area contributed by atoms with Crippen LogP contribution in [-0.4, -0.2) is 16.5 Å². The van der Waals surface area contributed by atoms with Crippen molar-refractivity contribution >= 4 is 17.4 Å². The summed E-state index contributed by atoms with van der Waals surface area (Å²) in [5, 5.41) is 3.76. The number of benzene rings is 1. The van der Waals surface area contributed by atoms with E-state index in [1.807, 2.05) is 0 Å². The maximum atomic E-state index is 5.80. The molecule has 0 bridgehead atoms. The molecule has 1 unspecified atom stereocenters. The lowest BCUT2D eigenvalue weighted by molar-refractivity contribution is 0.634. The van der Waals surface area contributed by atoms with E-state index in [1.165, 1.54) is 17.5 Å². The van der Waals surface area contributed by atoms with Crippen molar-refractivity contribution in [3.63, 3.8) is 0 Å². The summed E-state index contributed by atoms with van der Waals surface area (Å²) in [6.45, 7) is 0.893. The molecular weight excluding hydrogens is 234 g/mol. The van der Waals surface area contributed by atoms with Crippen LogP contribution in [0.25, 0.3) is 0 Å². The van der Waals surface area contributed by atoms with E-state index in [-0.39, 0.29) is 0 Å². The molecule has 1 aliphatic carbocycles. The number of nitrogens with one attached hydrogen (secondary N) is 1. The molecule has 1 N–H and O–H groups in total. The first-order chi connectivity index (χ1) is 8.33. The third kappa shape index (κ3) is 2.11. The number of fused-ring (bicyclic) bond motifs is 1. The zero-order valence-electron chi connectivity index (χ0n) is 9.23. The lowest BCUT2D eigenvalue weighted by Gasteiger charge is -2.30. The van der Waals surface area contributed by atoms with Crippen LogP contribution in [0.15, 0.2) is 36.7 Å². The van der Waals surface area contributed by atoms with Gasteiger partial charge in [-0.1, -0.05) is 35.9 Å². The third-order valence-corrected chi connectivity index (χ3v) is 3.33. The minimum atomic E-state index is 0.469. The van der Waals surface area contributed by atoms with E-state index >= 15 is 0 Å². The minimum Gasteiger partial charge on any atom is -0.369 e. The van der Waals surface area contributed by atoms with E-state index in [0.717, 1.165) is 18.8 Å². The molecule has 0 aliphatic heterocycles. The second-order valence-corrected chi connectivity index (χ2v) is 4.59. The molecule has 0 fully saturated rings. The SMILES string of the molecule is Clc1cc(NCC2Cc3ccccc32)ncn1. The van der Waals surface area contributed by atoms with Gasteiger partial charge in [-0.25, -0.2) is 9.97 Å². The fraction of sp³-hybridized carbons (Fsp3) is 0.231. The maximum absolute atomic E-state index is 5.80. The van der Waals surface area contributed by atoms with Crippen molar-refractivity contribution in [2.45, 2.75) is 12.3 Å². The standard InChI is InChI=1S/C13H12ClN3/c14-12-6-13(17-8-16-12)15-7-10-5-9-3-1-2-4-11(9)10/h1-4,6,8,10H,5,7H2,(H,15,16,17). The van der Waals surface area contributed by atoms with Gasteiger partial charge >= 0.3 is 0 Å². The minimum absolute atomic E-state index is 0.469. The van der Waals surface area contributed by atoms with E-state index in [9.17, 15) is 0 Å². The van der Waals surface area contributed by atoms with Crippen LogP contribution in [0.5, 0.6) is 0 Å². The molecular formula is C13H12ClN3. The van der Waals surface area contributed by atoms with Gasteiger partial charge in [-0.2, -0.15) is 0 Å². The Morgan fingerprint density at radius 1 is 1.29 bits per heavy atom. The highest BCUT2D eigenvalue weighted by atomic mass is 35.5. The van der Waals surface area contributed by atoms with Gasteiger partial charge in [-0.15, -0.1) is 0 Å². The molecule has 1 aromatic heterocycles. The molecule has 4 heteroatoms. The topological polar surface area (TPSA) is 37.8 Å². The number of hydrogen-bond donors (Lipinski definition) is 1. The molecule has 0 saturated heterocycles. The van der Waals surface area contributed by atoms with Gasteiger partial charge in [-0.05, 0) is 17.5 Å². The van der Waals surface area contributed by atoms with E-state index in [1.54, 1.807) is 6.07 Å². The van der Waals surface area contributed by atoms with Crippen molar-refractivity contribution < 1.29 is 0 Å². The number of nitrogens with zero attached hydrogens (tertiary/aromatic N) is 2. The third-order valence-electron chi connectivity index (χ3n) is 3.12. The second kappa shape index (κ2) is 4.34. The monoisotopic (exact) mass is 245 g/mol. The van der Waals surface area contributed by atoms with Crippen LogP contribution >= 0.6 is 11.6 Å². The van der Waals surface area contributed by atoms with Crippen molar-refractivity contribution in [3.8, 4) is 0 Å². The average Bonchev–Trinajstić information content (AvgIpc) is 2.30. The number of halogens is 1. The highest BCUT2D eigenvalue weighted by molar-refractivity contribution is 6.29. The van der Waals surface area contributed by atoms with Crippen molar-refractivity contribution in [2.24, 2.45) is 0 Å². The predicted octanol–water partition coefficient (Wildman–Crippen LogP) is 2.88. The van der Waals surface area contributed by atoms with Gasteiger partial charge in [0.2, 0.25) is 0 Å². The van der Waals surface area contributed by atoms with Crippen LogP contribution in [-0.2, 0) is 6.42 Å². The molecule has 0 spiro atoms. The Kier molecular flexibility index (Phi) is 2.69. The van der Waals surface area contributed by atoms with Crippen LogP contribution in [0.1, 0.15) is 17.0 Å². The van der Waals surface area contributed by atoms with E-state index in [0.29, 0.717) is 11.1 Å². The van der Waals surface area contributed by atoms with Crippen LogP contribution < -0.4 is 5.32 Å². The zero-order valence-corrected chi connectivity index (χ0v) is 9.98. The number of anilines is 1. The molecule has 1 aliphatic rings. The zero-order chi connectivity index (χ0) is 11.7. The molecule has 1 heterocycles. The number of rotatable bonds is 3. The Labute approximate surface area is 105 Å². The summed E-state index contributed by atoms with van der Waals surface area (Å²) in [6, 6.07) is 10.3. The molecule has 3 rings (SSSR count). The Morgan fingerprint density at radius 3 is 3.00 bits per heavy atom. The molecule has 17 heavy (non-hydrogen) atoms. The molecule has 0 saturated carbocycles. The lowest BCUT2D eigenvalue weighted by atomic mass is 9.78. The average molecular weight is 246 g/mol. The predicted molar refractivity (Wildman–Crippen MR) is 68.4 cm³/mol. The van der Waals surface area contributed by atoms with Gasteiger partial charge < -0.3 is 5.32 Å². The first kappa shape index (κ1) is 10.5. The van der Waals surface area contributed by atoms with Crippen molar-refractivity contribution in [2.75, 3.05) is 11.9 Å². The molecule has 1 aromatic carbocycles. The summed E-state index contributed by atoms with van der Waals surface area (Å²) >= 11 is 5.80. The lowest BCUT2D eigenvalue weighted by Crippen LogP contribution is -2.24. The van der Waals surface area contributed by atoms with Gasteiger partial charge in [0.15, 0.2) is 0 Å². The summed E-state index contributed by atoms with van der Waals surface area (Å²) in [4.78, 5) is 7.97. The van der Waals surface area contributed by atoms with Crippen molar-refractivity contribution in [1.82, 2.24) is 9.97 Å². The number of hydrogen-bond acceptors (Lipinski definition) is 3. The van der Waals surface area contributed by atoms with Gasteiger partial charge in [-0.3, -0.25) is 0 Å². The molecule has 3 nitrogen and oxygen atoms in total. The first-order valence-corrected chi connectivity index (χ1v) is 6.00. The second-order valence-electron chi connectivity index (χ2n) is 4.21. The van der Waals surface area contributed by atoms with Crippen LogP contribution in [0.2, 0.25) is 5.15 Å². The Morgan fingerprint density at radius 2 is 2.18 bits per heavy atom. The number of aromatic nitrogens is 2. The Bertz CT molecular complexity index is 542. The van der Waals surface area contributed by atoms with Crippen LogP contribution in [0.3, 0.4) is 0 Å². The smallest absolute Gasteiger partial charge is 0.134 e. The molecule has 1 atom stereocenters. The summed E-state index contributed by atoms with van der Waals surface area (Å²) in [5.74, 6) is 1.37. The van der Waals surface area contributed by atoms with Gasteiger partial charge in [0, 0.05) is 18.5 Å². The van der Waals surface area contributed by atoms with Gasteiger partial charge in [0.05, 0.1) is 0 Å². The fourth-order valence-electron chi connectivity index (χ4n) is 2.20. The molecule has 0 radical (unpaired) electrons. The Hall–Kier alpha value is -1.61. The van der Waals surface area contributed by atoms with E-state index < -0.39 is 0 Å². The summed E-state index contributed by atoms with van der Waals surface area (Å²) in [7, 11) is 0. The quantitative estimate of drug-likeness (QED) is 0.845. The van der Waals surface area contributed by atoms with Crippen LogP contribution in [0, 0.1) is 0 Å².